The minimum absolute atomic E-state index is 0.0145. The Labute approximate surface area is 176 Å². The Bertz CT molecular complexity index is 921. The quantitative estimate of drug-likeness (QED) is 0.452. The van der Waals surface area contributed by atoms with Crippen molar-refractivity contribution in [2.24, 2.45) is 4.99 Å². The van der Waals surface area contributed by atoms with Crippen LogP contribution >= 0.6 is 11.3 Å². The van der Waals surface area contributed by atoms with Gasteiger partial charge in [-0.1, -0.05) is 18.2 Å². The van der Waals surface area contributed by atoms with Gasteiger partial charge in [0, 0.05) is 38.5 Å². The lowest BCUT2D eigenvalue weighted by Crippen LogP contribution is -2.38. The zero-order valence-corrected chi connectivity index (χ0v) is 18.2. The summed E-state index contributed by atoms with van der Waals surface area (Å²) in [6, 6.07) is 8.24. The smallest absolute Gasteiger partial charge is 0.194 e. The number of imidazole rings is 1. The number of benzene rings is 1. The summed E-state index contributed by atoms with van der Waals surface area (Å²) in [4.78, 5) is 15.8. The molecule has 0 aliphatic carbocycles. The molecule has 3 rings (SSSR count). The summed E-state index contributed by atoms with van der Waals surface area (Å²) >= 11 is 1.63. The molecular formula is C21H28N6OS. The van der Waals surface area contributed by atoms with Crippen LogP contribution in [0.15, 0.2) is 53.4 Å². The summed E-state index contributed by atoms with van der Waals surface area (Å²) in [5.41, 5.74) is 3.24. The van der Waals surface area contributed by atoms with E-state index in [0.29, 0.717) is 13.1 Å². The van der Waals surface area contributed by atoms with Gasteiger partial charge in [-0.05, 0) is 25.5 Å². The van der Waals surface area contributed by atoms with Crippen LogP contribution in [0.25, 0.3) is 5.69 Å². The molecule has 1 aromatic carbocycles. The fraction of sp³-hybridized carbons (Fsp3) is 0.381. The first kappa shape index (κ1) is 21.0. The second-order valence-corrected chi connectivity index (χ2v) is 7.57. The fourth-order valence-electron chi connectivity index (χ4n) is 2.93. The summed E-state index contributed by atoms with van der Waals surface area (Å²) in [7, 11) is 3.73. The van der Waals surface area contributed by atoms with Crippen molar-refractivity contribution < 1.29 is 4.74 Å². The van der Waals surface area contributed by atoms with Crippen LogP contribution in [0.2, 0.25) is 0 Å². The van der Waals surface area contributed by atoms with Gasteiger partial charge in [0.15, 0.2) is 5.96 Å². The van der Waals surface area contributed by atoms with Gasteiger partial charge in [0.25, 0.3) is 0 Å². The highest BCUT2D eigenvalue weighted by Crippen LogP contribution is 2.21. The average molecular weight is 413 g/mol. The van der Waals surface area contributed by atoms with Crippen molar-refractivity contribution in [1.82, 2.24) is 24.8 Å². The molecule has 2 aromatic heterocycles. The van der Waals surface area contributed by atoms with E-state index >= 15 is 0 Å². The van der Waals surface area contributed by atoms with Crippen molar-refractivity contribution in [1.29, 1.82) is 0 Å². The van der Waals surface area contributed by atoms with Crippen LogP contribution in [0.1, 0.15) is 36.2 Å². The number of nitrogens with zero attached hydrogens (tertiary/aromatic N) is 5. The number of ether oxygens (including phenoxy) is 1. The van der Waals surface area contributed by atoms with E-state index < -0.39 is 0 Å². The van der Waals surface area contributed by atoms with Crippen LogP contribution in [-0.2, 0) is 17.8 Å². The molecule has 0 saturated heterocycles. The van der Waals surface area contributed by atoms with Gasteiger partial charge in [0.2, 0.25) is 0 Å². The van der Waals surface area contributed by atoms with Gasteiger partial charge < -0.3 is 19.5 Å². The normalized spacial score (nSPS) is 12.8. The highest BCUT2D eigenvalue weighted by Gasteiger charge is 2.13. The van der Waals surface area contributed by atoms with E-state index in [9.17, 15) is 0 Å². The lowest BCUT2D eigenvalue weighted by molar-refractivity contribution is 0.119. The molecule has 0 aliphatic heterocycles. The molecule has 0 spiro atoms. The molecule has 0 fully saturated rings. The second kappa shape index (κ2) is 10.2. The molecule has 0 aliphatic rings. The molecule has 1 unspecified atom stereocenters. The highest BCUT2D eigenvalue weighted by atomic mass is 32.1. The van der Waals surface area contributed by atoms with Gasteiger partial charge in [0.1, 0.15) is 11.1 Å². The zero-order chi connectivity index (χ0) is 20.6. The van der Waals surface area contributed by atoms with Crippen molar-refractivity contribution in [3.8, 4) is 5.69 Å². The standard InChI is InChI=1S/C21H28N6OS/c1-5-23-21(26(3)13-18-14-29-20(25-18)16(2)28-4)24-12-17-8-6-7-9-19(17)27-11-10-22-15-27/h6-11,14-16H,5,12-13H2,1-4H3,(H,23,24). The van der Waals surface area contributed by atoms with Crippen LogP contribution in [0, 0.1) is 0 Å². The Morgan fingerprint density at radius 3 is 2.93 bits per heavy atom. The third-order valence-corrected chi connectivity index (χ3v) is 5.59. The maximum Gasteiger partial charge on any atom is 0.194 e. The minimum atomic E-state index is 0.0145. The van der Waals surface area contributed by atoms with Gasteiger partial charge in [0.05, 0.1) is 30.8 Å². The lowest BCUT2D eigenvalue weighted by atomic mass is 10.2. The maximum absolute atomic E-state index is 5.36. The van der Waals surface area contributed by atoms with E-state index in [2.05, 4.69) is 44.6 Å². The van der Waals surface area contributed by atoms with E-state index in [1.165, 1.54) is 0 Å². The highest BCUT2D eigenvalue weighted by molar-refractivity contribution is 7.09. The van der Waals surface area contributed by atoms with Crippen LogP contribution in [0.4, 0.5) is 0 Å². The number of methoxy groups -OCH3 is 1. The first-order valence-electron chi connectivity index (χ1n) is 9.65. The van der Waals surface area contributed by atoms with Gasteiger partial charge in [-0.25, -0.2) is 15.0 Å². The van der Waals surface area contributed by atoms with E-state index in [1.54, 1.807) is 31.0 Å². The first-order chi connectivity index (χ1) is 14.1. The fourth-order valence-corrected chi connectivity index (χ4v) is 3.77. The molecule has 0 amide bonds. The zero-order valence-electron chi connectivity index (χ0n) is 17.4. The maximum atomic E-state index is 5.36. The number of hydrogen-bond acceptors (Lipinski definition) is 5. The topological polar surface area (TPSA) is 67.6 Å². The van der Waals surface area contributed by atoms with Crippen LogP contribution in [0.3, 0.4) is 0 Å². The molecule has 0 bridgehead atoms. The molecule has 3 aromatic rings. The molecule has 8 heteroatoms. The van der Waals surface area contributed by atoms with Gasteiger partial charge in [-0.15, -0.1) is 11.3 Å². The Kier molecular flexibility index (Phi) is 7.37. The van der Waals surface area contributed by atoms with Crippen LogP contribution in [0.5, 0.6) is 0 Å². The van der Waals surface area contributed by atoms with E-state index in [0.717, 1.165) is 34.5 Å². The number of aromatic nitrogens is 3. The summed E-state index contributed by atoms with van der Waals surface area (Å²) in [5.74, 6) is 0.849. The predicted molar refractivity (Wildman–Crippen MR) is 117 cm³/mol. The summed E-state index contributed by atoms with van der Waals surface area (Å²) in [5, 5.41) is 6.45. The average Bonchev–Trinajstić information content (AvgIpc) is 3.43. The van der Waals surface area contributed by atoms with Crippen molar-refractivity contribution in [2.75, 3.05) is 20.7 Å². The van der Waals surface area contributed by atoms with Crippen LogP contribution in [-0.4, -0.2) is 46.1 Å². The largest absolute Gasteiger partial charge is 0.375 e. The molecule has 0 radical (unpaired) electrons. The minimum Gasteiger partial charge on any atom is -0.375 e. The van der Waals surface area contributed by atoms with Gasteiger partial charge in [-0.3, -0.25) is 0 Å². The number of nitrogens with one attached hydrogen (secondary N) is 1. The second-order valence-electron chi connectivity index (χ2n) is 6.68. The molecule has 0 saturated carbocycles. The van der Waals surface area contributed by atoms with Crippen molar-refractivity contribution >= 4 is 17.3 Å². The van der Waals surface area contributed by atoms with Gasteiger partial charge in [-0.2, -0.15) is 0 Å². The van der Waals surface area contributed by atoms with E-state index in [-0.39, 0.29) is 6.10 Å². The molecular weight excluding hydrogens is 384 g/mol. The number of thiazole rings is 1. The Morgan fingerprint density at radius 1 is 1.38 bits per heavy atom. The molecule has 154 valence electrons. The van der Waals surface area contributed by atoms with Gasteiger partial charge >= 0.3 is 0 Å². The number of para-hydroxylation sites is 1. The Morgan fingerprint density at radius 2 is 2.21 bits per heavy atom. The lowest BCUT2D eigenvalue weighted by Gasteiger charge is -2.21. The Balaban J connectivity index is 1.74. The molecule has 1 atom stereocenters. The van der Waals surface area contributed by atoms with E-state index in [4.69, 9.17) is 9.73 Å². The molecule has 2 heterocycles. The number of guanidine groups is 1. The van der Waals surface area contributed by atoms with Crippen molar-refractivity contribution in [2.45, 2.75) is 33.0 Å². The first-order valence-corrected chi connectivity index (χ1v) is 10.5. The Hall–Kier alpha value is -2.71. The van der Waals surface area contributed by atoms with Crippen LogP contribution < -0.4 is 5.32 Å². The summed E-state index contributed by atoms with van der Waals surface area (Å²) < 4.78 is 7.37. The third kappa shape index (κ3) is 5.42. The number of rotatable bonds is 8. The summed E-state index contributed by atoms with van der Waals surface area (Å²) in [6.07, 6.45) is 5.55. The molecule has 7 nitrogen and oxygen atoms in total. The third-order valence-electron chi connectivity index (χ3n) is 4.54. The SMILES string of the molecule is CCNC(=NCc1ccccc1-n1ccnc1)N(C)Cc1csc(C(C)OC)n1. The van der Waals surface area contributed by atoms with Crippen molar-refractivity contribution in [3.63, 3.8) is 0 Å². The number of aliphatic imine (C=N–C) groups is 1. The monoisotopic (exact) mass is 412 g/mol. The molecule has 1 N–H and O–H groups in total. The molecule has 29 heavy (non-hydrogen) atoms. The number of hydrogen-bond donors (Lipinski definition) is 1. The predicted octanol–water partition coefficient (Wildman–Crippen LogP) is 3.63. The summed E-state index contributed by atoms with van der Waals surface area (Å²) in [6.45, 7) is 6.14. The van der Waals surface area contributed by atoms with Crippen molar-refractivity contribution in [3.05, 3.63) is 64.6 Å². The van der Waals surface area contributed by atoms with E-state index in [1.807, 2.05) is 36.9 Å².